The molecule has 3 rings (SSSR count). The fourth-order valence-corrected chi connectivity index (χ4v) is 5.04. The Kier molecular flexibility index (Phi) is 6.32. The van der Waals surface area contributed by atoms with Crippen LogP contribution in [-0.2, 0) is 9.59 Å². The number of nitrogens with one attached hydrogen (secondary N) is 1. The molecule has 2 aromatic heterocycles. The number of aromatic nitrogens is 1. The zero-order valence-corrected chi connectivity index (χ0v) is 16.6. The van der Waals surface area contributed by atoms with Gasteiger partial charge in [-0.15, -0.1) is 11.3 Å². The molecule has 5 nitrogen and oxygen atoms in total. The fourth-order valence-electron chi connectivity index (χ4n) is 3.03. The van der Waals surface area contributed by atoms with Gasteiger partial charge < -0.3 is 10.2 Å². The van der Waals surface area contributed by atoms with E-state index in [9.17, 15) is 9.59 Å². The molecule has 0 aliphatic carbocycles. The van der Waals surface area contributed by atoms with Gasteiger partial charge in [0, 0.05) is 24.0 Å². The molecule has 2 aromatic rings. The van der Waals surface area contributed by atoms with Gasteiger partial charge in [0.2, 0.25) is 11.8 Å². The first-order valence-electron chi connectivity index (χ1n) is 8.89. The van der Waals surface area contributed by atoms with E-state index in [4.69, 9.17) is 0 Å². The van der Waals surface area contributed by atoms with E-state index in [0.717, 1.165) is 28.4 Å². The second-order valence-corrected chi connectivity index (χ2v) is 8.34. The predicted molar refractivity (Wildman–Crippen MR) is 107 cm³/mol. The zero-order valence-electron chi connectivity index (χ0n) is 15.0. The van der Waals surface area contributed by atoms with E-state index in [1.165, 1.54) is 11.8 Å². The van der Waals surface area contributed by atoms with E-state index < -0.39 is 5.25 Å². The van der Waals surface area contributed by atoms with Gasteiger partial charge in [-0.1, -0.05) is 31.7 Å². The minimum atomic E-state index is -0.426. The molecule has 2 atom stereocenters. The number of amides is 2. The molecule has 0 saturated carbocycles. The number of thiophene rings is 1. The fraction of sp³-hybridized carbons (Fsp3) is 0.421. The molecule has 0 aromatic carbocycles. The van der Waals surface area contributed by atoms with Crippen molar-refractivity contribution in [3.63, 3.8) is 0 Å². The van der Waals surface area contributed by atoms with Crippen molar-refractivity contribution in [1.29, 1.82) is 0 Å². The molecule has 138 valence electrons. The number of carbonyl (C=O) groups is 2. The Morgan fingerprint density at radius 2 is 2.19 bits per heavy atom. The number of hydrogen-bond acceptors (Lipinski definition) is 5. The summed E-state index contributed by atoms with van der Waals surface area (Å²) >= 11 is 3.03. The molecule has 0 saturated heterocycles. The molecule has 0 unspecified atom stereocenters. The first-order chi connectivity index (χ1) is 12.6. The maximum atomic E-state index is 12.9. The smallest absolute Gasteiger partial charge is 0.241 e. The number of fused-ring (bicyclic) bond motifs is 1. The summed E-state index contributed by atoms with van der Waals surface area (Å²) in [5, 5.41) is 5.48. The Morgan fingerprint density at radius 3 is 2.88 bits per heavy atom. The lowest BCUT2D eigenvalue weighted by Gasteiger charge is -2.32. The van der Waals surface area contributed by atoms with E-state index in [0.29, 0.717) is 6.54 Å². The van der Waals surface area contributed by atoms with Gasteiger partial charge in [-0.25, -0.2) is 4.98 Å². The minimum absolute atomic E-state index is 0.00308. The summed E-state index contributed by atoms with van der Waals surface area (Å²) in [6.07, 6.45) is 3.58. The highest BCUT2D eigenvalue weighted by molar-refractivity contribution is 8.00. The molecule has 1 aliphatic rings. The Bertz CT molecular complexity index is 764. The summed E-state index contributed by atoms with van der Waals surface area (Å²) in [4.78, 5) is 32.8. The first kappa shape index (κ1) is 18.9. The SMILES string of the molecule is CCCN1C(=O)[C@H](CC(=O)N[C@@H](CC)c2cccs2)Sc2ncccc21. The minimum Gasteiger partial charge on any atom is -0.348 e. The molecule has 3 heterocycles. The maximum Gasteiger partial charge on any atom is 0.241 e. The molecule has 2 amide bonds. The van der Waals surface area contributed by atoms with Crippen LogP contribution in [0.15, 0.2) is 40.9 Å². The number of pyridine rings is 1. The van der Waals surface area contributed by atoms with Crippen molar-refractivity contribution in [2.45, 2.75) is 49.4 Å². The molecule has 0 fully saturated rings. The third-order valence-corrected chi connectivity index (χ3v) is 6.46. The number of hydrogen-bond donors (Lipinski definition) is 1. The van der Waals surface area contributed by atoms with Gasteiger partial charge >= 0.3 is 0 Å². The predicted octanol–water partition coefficient (Wildman–Crippen LogP) is 4.02. The highest BCUT2D eigenvalue weighted by Crippen LogP contribution is 2.38. The van der Waals surface area contributed by atoms with Crippen molar-refractivity contribution < 1.29 is 9.59 Å². The Morgan fingerprint density at radius 1 is 1.35 bits per heavy atom. The van der Waals surface area contributed by atoms with Crippen molar-refractivity contribution in [3.8, 4) is 0 Å². The number of rotatable bonds is 7. The highest BCUT2D eigenvalue weighted by Gasteiger charge is 2.35. The van der Waals surface area contributed by atoms with E-state index in [-0.39, 0.29) is 24.3 Å². The average Bonchev–Trinajstić information content (AvgIpc) is 3.17. The summed E-state index contributed by atoms with van der Waals surface area (Å²) in [6, 6.07) is 7.78. The van der Waals surface area contributed by atoms with Gasteiger partial charge in [0.15, 0.2) is 0 Å². The van der Waals surface area contributed by atoms with Gasteiger partial charge in [0.05, 0.1) is 17.0 Å². The number of anilines is 1. The van der Waals surface area contributed by atoms with Crippen LogP contribution >= 0.6 is 23.1 Å². The second-order valence-electron chi connectivity index (χ2n) is 6.17. The quantitative estimate of drug-likeness (QED) is 0.777. The number of thioether (sulfide) groups is 1. The topological polar surface area (TPSA) is 62.3 Å². The highest BCUT2D eigenvalue weighted by atomic mass is 32.2. The monoisotopic (exact) mass is 389 g/mol. The maximum absolute atomic E-state index is 12.9. The Labute approximate surface area is 162 Å². The molecule has 0 radical (unpaired) electrons. The van der Waals surface area contributed by atoms with Crippen LogP contribution in [-0.4, -0.2) is 28.6 Å². The number of nitrogens with zero attached hydrogens (tertiary/aromatic N) is 2. The lowest BCUT2D eigenvalue weighted by Crippen LogP contribution is -2.44. The lowest BCUT2D eigenvalue weighted by atomic mass is 10.1. The van der Waals surface area contributed by atoms with Gasteiger partial charge in [-0.2, -0.15) is 0 Å². The molecule has 0 spiro atoms. The standard InChI is InChI=1S/C19H23N3O2S2/c1-3-10-22-14-7-5-9-20-18(14)26-16(19(22)24)12-17(23)21-13(4-2)15-8-6-11-25-15/h5-9,11,13,16H,3-4,10,12H2,1-2H3,(H,21,23)/t13-,16-/m0/s1. The third-order valence-electron chi connectivity index (χ3n) is 4.29. The van der Waals surface area contributed by atoms with Crippen LogP contribution in [0.4, 0.5) is 5.69 Å². The van der Waals surface area contributed by atoms with Gasteiger partial charge in [-0.3, -0.25) is 9.59 Å². The van der Waals surface area contributed by atoms with Gasteiger partial charge in [0.25, 0.3) is 0 Å². The molecule has 1 aliphatic heterocycles. The van der Waals surface area contributed by atoms with Crippen LogP contribution in [0.5, 0.6) is 0 Å². The van der Waals surface area contributed by atoms with Crippen LogP contribution in [0.2, 0.25) is 0 Å². The molecule has 1 N–H and O–H groups in total. The first-order valence-corrected chi connectivity index (χ1v) is 10.7. The lowest BCUT2D eigenvalue weighted by molar-refractivity contribution is -0.125. The zero-order chi connectivity index (χ0) is 18.5. The Balaban J connectivity index is 1.71. The second kappa shape index (κ2) is 8.68. The van der Waals surface area contributed by atoms with Crippen molar-refractivity contribution >= 4 is 40.6 Å². The van der Waals surface area contributed by atoms with E-state index >= 15 is 0 Å². The van der Waals surface area contributed by atoms with Crippen LogP contribution in [0, 0.1) is 0 Å². The summed E-state index contributed by atoms with van der Waals surface area (Å²) in [6.45, 7) is 4.73. The van der Waals surface area contributed by atoms with E-state index in [1.807, 2.05) is 43.5 Å². The van der Waals surface area contributed by atoms with Crippen LogP contribution in [0.25, 0.3) is 0 Å². The van der Waals surface area contributed by atoms with Crippen molar-refractivity contribution in [3.05, 3.63) is 40.7 Å². The largest absolute Gasteiger partial charge is 0.348 e. The van der Waals surface area contributed by atoms with Gasteiger partial charge in [0.1, 0.15) is 5.03 Å². The molecular weight excluding hydrogens is 366 g/mol. The third kappa shape index (κ3) is 4.10. The van der Waals surface area contributed by atoms with Crippen LogP contribution in [0.3, 0.4) is 0 Å². The van der Waals surface area contributed by atoms with E-state index in [2.05, 4.69) is 10.3 Å². The summed E-state index contributed by atoms with van der Waals surface area (Å²) in [5.74, 6) is -0.0939. The molecule has 7 heteroatoms. The van der Waals surface area contributed by atoms with E-state index in [1.54, 1.807) is 22.4 Å². The molecular formula is C19H23N3O2S2. The summed E-state index contributed by atoms with van der Waals surface area (Å²) < 4.78 is 0. The van der Waals surface area contributed by atoms with Crippen LogP contribution < -0.4 is 10.2 Å². The van der Waals surface area contributed by atoms with Crippen molar-refractivity contribution in [2.24, 2.45) is 0 Å². The van der Waals surface area contributed by atoms with Gasteiger partial charge in [-0.05, 0) is 36.4 Å². The van der Waals surface area contributed by atoms with Crippen molar-refractivity contribution in [2.75, 3.05) is 11.4 Å². The summed E-state index contributed by atoms with van der Waals surface area (Å²) in [5.41, 5.74) is 0.853. The molecule has 26 heavy (non-hydrogen) atoms. The van der Waals surface area contributed by atoms with Crippen LogP contribution in [0.1, 0.15) is 44.0 Å². The Hall–Kier alpha value is -1.86. The van der Waals surface area contributed by atoms with Crippen molar-refractivity contribution in [1.82, 2.24) is 10.3 Å². The average molecular weight is 390 g/mol. The number of carbonyl (C=O) groups excluding carboxylic acids is 2. The normalized spacial score (nSPS) is 17.7. The summed E-state index contributed by atoms with van der Waals surface area (Å²) in [7, 11) is 0. The molecule has 0 bridgehead atoms.